The third kappa shape index (κ3) is 4.74. The van der Waals surface area contributed by atoms with Gasteiger partial charge in [-0.15, -0.1) is 0 Å². The molecule has 6 nitrogen and oxygen atoms in total. The molecule has 1 saturated heterocycles. The van der Waals surface area contributed by atoms with E-state index in [1.807, 2.05) is 31.2 Å². The van der Waals surface area contributed by atoms with Crippen molar-refractivity contribution < 1.29 is 17.9 Å². The van der Waals surface area contributed by atoms with E-state index in [4.69, 9.17) is 16.3 Å². The molecule has 3 rings (SSSR count). The second-order valence-corrected chi connectivity index (χ2v) is 9.28. The number of rotatable bonds is 7. The van der Waals surface area contributed by atoms with Crippen molar-refractivity contribution in [2.24, 2.45) is 0 Å². The van der Waals surface area contributed by atoms with Crippen molar-refractivity contribution in [3.63, 3.8) is 0 Å². The van der Waals surface area contributed by atoms with E-state index in [0.29, 0.717) is 19.5 Å². The van der Waals surface area contributed by atoms with Gasteiger partial charge in [0.25, 0.3) is 5.91 Å². The van der Waals surface area contributed by atoms with E-state index >= 15 is 0 Å². The molecule has 1 atom stereocenters. The van der Waals surface area contributed by atoms with Crippen LogP contribution in [0.25, 0.3) is 0 Å². The molecule has 0 aromatic heterocycles. The van der Waals surface area contributed by atoms with Gasteiger partial charge in [-0.3, -0.25) is 4.79 Å². The fraction of sp³-hybridized carbons (Fsp3) is 0.381. The summed E-state index contributed by atoms with van der Waals surface area (Å²) in [7, 11) is -2.11. The number of sulfonamides is 1. The number of nitrogens with zero attached hydrogens (tertiary/aromatic N) is 1. The number of ether oxygens (including phenoxy) is 1. The Morgan fingerprint density at radius 3 is 2.41 bits per heavy atom. The molecule has 0 aliphatic carbocycles. The maximum Gasteiger partial charge on any atom is 0.251 e. The largest absolute Gasteiger partial charge is 0.497 e. The number of amides is 1. The van der Waals surface area contributed by atoms with Crippen molar-refractivity contribution in [3.05, 3.63) is 58.6 Å². The molecule has 0 unspecified atom stereocenters. The number of hydrogen-bond donors (Lipinski definition) is 1. The van der Waals surface area contributed by atoms with Crippen LogP contribution >= 0.6 is 11.6 Å². The number of halogens is 1. The summed E-state index contributed by atoms with van der Waals surface area (Å²) in [6.07, 6.45) is 2.35. The summed E-state index contributed by atoms with van der Waals surface area (Å²) in [5.74, 6) is 0.395. The van der Waals surface area contributed by atoms with Crippen molar-refractivity contribution in [1.82, 2.24) is 9.62 Å². The Balaban J connectivity index is 1.83. The minimum absolute atomic E-state index is 0.0220. The maximum atomic E-state index is 12.9. The predicted molar refractivity (Wildman–Crippen MR) is 113 cm³/mol. The first-order chi connectivity index (χ1) is 13.9. The lowest BCUT2D eigenvalue weighted by Crippen LogP contribution is -2.30. The number of carbonyl (C=O) groups excluding carboxylic acids is 1. The highest BCUT2D eigenvalue weighted by atomic mass is 35.5. The standard InChI is InChI=1S/C21H25ClN2O4S/c1-3-19(15-6-9-17(28-2)10-7-15)23-21(25)16-8-11-18(22)20(14-16)29(26,27)24-12-4-5-13-24/h6-11,14,19H,3-5,12-13H2,1-2H3,(H,23,25)/t19-/m0/s1. The molecule has 1 aliphatic heterocycles. The van der Waals surface area contributed by atoms with E-state index in [1.54, 1.807) is 13.2 Å². The average molecular weight is 437 g/mol. The quantitative estimate of drug-likeness (QED) is 0.711. The van der Waals surface area contributed by atoms with Crippen LogP contribution in [0.5, 0.6) is 5.75 Å². The lowest BCUT2D eigenvalue weighted by Gasteiger charge is -2.19. The number of nitrogens with one attached hydrogen (secondary N) is 1. The highest BCUT2D eigenvalue weighted by Gasteiger charge is 2.30. The molecule has 2 aromatic rings. The topological polar surface area (TPSA) is 75.7 Å². The van der Waals surface area contributed by atoms with E-state index in [1.165, 1.54) is 16.4 Å². The van der Waals surface area contributed by atoms with Gasteiger partial charge >= 0.3 is 0 Å². The molecule has 2 aromatic carbocycles. The summed E-state index contributed by atoms with van der Waals surface area (Å²) in [4.78, 5) is 12.8. The van der Waals surface area contributed by atoms with Crippen LogP contribution in [0.2, 0.25) is 5.02 Å². The lowest BCUT2D eigenvalue weighted by atomic mass is 10.0. The SMILES string of the molecule is CC[C@H](NC(=O)c1ccc(Cl)c(S(=O)(=O)N2CCCC2)c1)c1ccc(OC)cc1. The highest BCUT2D eigenvalue weighted by molar-refractivity contribution is 7.89. The summed E-state index contributed by atoms with van der Waals surface area (Å²) in [6.45, 7) is 2.93. The van der Waals surface area contributed by atoms with Gasteiger partial charge < -0.3 is 10.1 Å². The van der Waals surface area contributed by atoms with Crippen LogP contribution in [0.1, 0.15) is 48.1 Å². The van der Waals surface area contributed by atoms with Crippen molar-refractivity contribution in [3.8, 4) is 5.75 Å². The van der Waals surface area contributed by atoms with Crippen molar-refractivity contribution in [2.45, 2.75) is 37.1 Å². The third-order valence-corrected chi connectivity index (χ3v) is 7.49. The van der Waals surface area contributed by atoms with E-state index in [-0.39, 0.29) is 27.4 Å². The molecule has 1 N–H and O–H groups in total. The van der Waals surface area contributed by atoms with Crippen LogP contribution in [0.4, 0.5) is 0 Å². The normalized spacial score (nSPS) is 15.8. The Morgan fingerprint density at radius 2 is 1.83 bits per heavy atom. The predicted octanol–water partition coefficient (Wildman–Crippen LogP) is 4.01. The first-order valence-corrected chi connectivity index (χ1v) is 11.4. The Bertz CT molecular complexity index is 971. The number of hydrogen-bond acceptors (Lipinski definition) is 4. The van der Waals surface area contributed by atoms with Gasteiger partial charge in [-0.2, -0.15) is 4.31 Å². The van der Waals surface area contributed by atoms with Crippen molar-refractivity contribution in [2.75, 3.05) is 20.2 Å². The van der Waals surface area contributed by atoms with Crippen LogP contribution in [-0.2, 0) is 10.0 Å². The molecule has 1 fully saturated rings. The van der Waals surface area contributed by atoms with Gasteiger partial charge in [-0.1, -0.05) is 30.7 Å². The molecule has 0 bridgehead atoms. The molecular weight excluding hydrogens is 412 g/mol. The van der Waals surface area contributed by atoms with Gasteiger partial charge in [0.05, 0.1) is 18.2 Å². The summed E-state index contributed by atoms with van der Waals surface area (Å²) in [6, 6.07) is 11.7. The van der Waals surface area contributed by atoms with Crippen molar-refractivity contribution in [1.29, 1.82) is 0 Å². The summed E-state index contributed by atoms with van der Waals surface area (Å²) in [5, 5.41) is 3.09. The first-order valence-electron chi connectivity index (χ1n) is 9.61. The Kier molecular flexibility index (Phi) is 6.82. The molecule has 29 heavy (non-hydrogen) atoms. The van der Waals surface area contributed by atoms with Crippen LogP contribution in [0.3, 0.4) is 0 Å². The Hall–Kier alpha value is -2.09. The Morgan fingerprint density at radius 1 is 1.17 bits per heavy atom. The van der Waals surface area contributed by atoms with E-state index in [9.17, 15) is 13.2 Å². The molecule has 0 spiro atoms. The number of benzene rings is 2. The van der Waals surface area contributed by atoms with E-state index < -0.39 is 10.0 Å². The fourth-order valence-electron chi connectivity index (χ4n) is 3.41. The lowest BCUT2D eigenvalue weighted by molar-refractivity contribution is 0.0935. The molecular formula is C21H25ClN2O4S. The zero-order chi connectivity index (χ0) is 21.0. The summed E-state index contributed by atoms with van der Waals surface area (Å²) < 4.78 is 32.4. The minimum atomic E-state index is -3.71. The monoisotopic (exact) mass is 436 g/mol. The summed E-state index contributed by atoms with van der Waals surface area (Å²) >= 11 is 6.17. The van der Waals surface area contributed by atoms with E-state index in [2.05, 4.69) is 5.32 Å². The van der Waals surface area contributed by atoms with Crippen molar-refractivity contribution >= 4 is 27.5 Å². The average Bonchev–Trinajstić information content (AvgIpc) is 3.28. The van der Waals surface area contributed by atoms with Gasteiger partial charge in [0.15, 0.2) is 0 Å². The molecule has 1 amide bonds. The smallest absolute Gasteiger partial charge is 0.251 e. The molecule has 1 heterocycles. The second-order valence-electron chi connectivity index (χ2n) is 6.96. The van der Waals surface area contributed by atoms with Gasteiger partial charge in [-0.05, 0) is 55.2 Å². The van der Waals surface area contributed by atoms with Gasteiger partial charge in [0, 0.05) is 18.7 Å². The van der Waals surface area contributed by atoms with Crippen LogP contribution in [0.15, 0.2) is 47.4 Å². The fourth-order valence-corrected chi connectivity index (χ4v) is 5.43. The zero-order valence-corrected chi connectivity index (χ0v) is 18.1. The molecule has 156 valence electrons. The minimum Gasteiger partial charge on any atom is -0.497 e. The summed E-state index contributed by atoms with van der Waals surface area (Å²) in [5.41, 5.74) is 1.21. The highest BCUT2D eigenvalue weighted by Crippen LogP contribution is 2.28. The maximum absolute atomic E-state index is 12.9. The van der Waals surface area contributed by atoms with Gasteiger partial charge in [0.2, 0.25) is 10.0 Å². The second kappa shape index (κ2) is 9.15. The molecule has 1 aliphatic rings. The van der Waals surface area contributed by atoms with E-state index in [0.717, 1.165) is 24.2 Å². The first kappa shape index (κ1) is 21.6. The molecule has 0 saturated carbocycles. The van der Waals surface area contributed by atoms with Crippen LogP contribution < -0.4 is 10.1 Å². The number of methoxy groups -OCH3 is 1. The molecule has 0 radical (unpaired) electrons. The van der Waals surface area contributed by atoms with Crippen LogP contribution in [0, 0.1) is 0 Å². The third-order valence-electron chi connectivity index (χ3n) is 5.11. The van der Waals surface area contributed by atoms with Gasteiger partial charge in [-0.25, -0.2) is 8.42 Å². The van der Waals surface area contributed by atoms with Crippen LogP contribution in [-0.4, -0.2) is 38.8 Å². The molecule has 8 heteroatoms. The zero-order valence-electron chi connectivity index (χ0n) is 16.5. The Labute approximate surface area is 176 Å². The number of carbonyl (C=O) groups is 1. The van der Waals surface area contributed by atoms with Gasteiger partial charge in [0.1, 0.15) is 10.6 Å².